The van der Waals surface area contributed by atoms with E-state index in [1.54, 1.807) is 0 Å². The van der Waals surface area contributed by atoms with Gasteiger partial charge in [0.1, 0.15) is 5.75 Å². The normalized spacial score (nSPS) is 18.4. The predicted octanol–water partition coefficient (Wildman–Crippen LogP) is 8.81. The number of unbranched alkanes of at least 4 members (excludes halogenated alkanes) is 5. The van der Waals surface area contributed by atoms with Crippen LogP contribution in [0.3, 0.4) is 0 Å². The molecule has 2 aromatic rings. The SMILES string of the molecule is CCCCCCC1CCCCC1CCCOc1ccc(-c2ncc(CCCCC)cn2)cc1. The van der Waals surface area contributed by atoms with Gasteiger partial charge in [-0.05, 0) is 67.3 Å². The van der Waals surface area contributed by atoms with Crippen molar-refractivity contribution in [3.05, 3.63) is 42.2 Å². The van der Waals surface area contributed by atoms with E-state index in [4.69, 9.17) is 4.74 Å². The van der Waals surface area contributed by atoms with Gasteiger partial charge in [-0.25, -0.2) is 9.97 Å². The molecule has 0 aliphatic heterocycles. The lowest BCUT2D eigenvalue weighted by Gasteiger charge is -2.31. The van der Waals surface area contributed by atoms with Gasteiger partial charge in [-0.2, -0.15) is 0 Å². The molecule has 0 amide bonds. The number of benzene rings is 1. The number of nitrogens with zero attached hydrogens (tertiary/aromatic N) is 2. The fourth-order valence-electron chi connectivity index (χ4n) is 5.33. The van der Waals surface area contributed by atoms with Crippen LogP contribution in [-0.2, 0) is 6.42 Å². The third-order valence-electron chi connectivity index (χ3n) is 7.37. The molecule has 2 unspecified atom stereocenters. The lowest BCUT2D eigenvalue weighted by atomic mass is 9.74. The van der Waals surface area contributed by atoms with Crippen LogP contribution >= 0.6 is 0 Å². The van der Waals surface area contributed by atoms with E-state index in [1.165, 1.54) is 95.5 Å². The number of aromatic nitrogens is 2. The molecule has 1 aliphatic rings. The Morgan fingerprint density at radius 1 is 0.758 bits per heavy atom. The van der Waals surface area contributed by atoms with E-state index in [2.05, 4.69) is 48.1 Å². The molecule has 3 nitrogen and oxygen atoms in total. The van der Waals surface area contributed by atoms with E-state index in [9.17, 15) is 0 Å². The number of aryl methyl sites for hydroxylation is 1. The monoisotopic (exact) mass is 450 g/mol. The van der Waals surface area contributed by atoms with Crippen LogP contribution in [0.1, 0.15) is 109 Å². The zero-order chi connectivity index (χ0) is 23.1. The molecule has 3 heteroatoms. The second kappa shape index (κ2) is 15.1. The lowest BCUT2D eigenvalue weighted by molar-refractivity contribution is 0.190. The van der Waals surface area contributed by atoms with E-state index in [0.717, 1.165) is 42.0 Å². The summed E-state index contributed by atoms with van der Waals surface area (Å²) in [5, 5.41) is 0. The van der Waals surface area contributed by atoms with Gasteiger partial charge in [0.2, 0.25) is 0 Å². The van der Waals surface area contributed by atoms with Crippen molar-refractivity contribution < 1.29 is 4.74 Å². The van der Waals surface area contributed by atoms with Gasteiger partial charge < -0.3 is 4.74 Å². The van der Waals surface area contributed by atoms with Gasteiger partial charge in [-0.1, -0.05) is 84.5 Å². The Kier molecular flexibility index (Phi) is 11.8. The van der Waals surface area contributed by atoms with Crippen LogP contribution in [0.2, 0.25) is 0 Å². The zero-order valence-corrected chi connectivity index (χ0v) is 21.2. The molecule has 3 rings (SSSR count). The Morgan fingerprint density at radius 3 is 2.06 bits per heavy atom. The van der Waals surface area contributed by atoms with Crippen LogP contribution < -0.4 is 4.74 Å². The van der Waals surface area contributed by atoms with Gasteiger partial charge >= 0.3 is 0 Å². The number of ether oxygens (including phenoxy) is 1. The summed E-state index contributed by atoms with van der Waals surface area (Å²) in [4.78, 5) is 9.14. The third-order valence-corrected chi connectivity index (χ3v) is 7.37. The predicted molar refractivity (Wildman–Crippen MR) is 140 cm³/mol. The minimum absolute atomic E-state index is 0.795. The van der Waals surface area contributed by atoms with Crippen molar-refractivity contribution in [2.24, 2.45) is 11.8 Å². The summed E-state index contributed by atoms with van der Waals surface area (Å²) in [7, 11) is 0. The minimum Gasteiger partial charge on any atom is -0.494 e. The summed E-state index contributed by atoms with van der Waals surface area (Å²) < 4.78 is 6.07. The molecule has 2 atom stereocenters. The average molecular weight is 451 g/mol. The van der Waals surface area contributed by atoms with Crippen LogP contribution in [0.25, 0.3) is 11.4 Å². The molecule has 0 N–H and O–H groups in total. The molecule has 1 saturated carbocycles. The topological polar surface area (TPSA) is 35.0 Å². The Morgan fingerprint density at radius 2 is 1.39 bits per heavy atom. The molecule has 1 aliphatic carbocycles. The molecule has 182 valence electrons. The number of hydrogen-bond acceptors (Lipinski definition) is 3. The standard InChI is InChI=1S/C30H46N2O/c1-3-5-7-9-14-26-15-10-11-16-27(26)17-12-22-33-29-20-18-28(19-21-29)30-31-23-25(24-32-30)13-8-6-4-2/h18-21,23-24,26-27H,3-17,22H2,1-2H3. The molecule has 0 saturated heterocycles. The summed E-state index contributed by atoms with van der Waals surface area (Å²) in [5.41, 5.74) is 2.28. The second-order valence-electron chi connectivity index (χ2n) is 10.0. The third kappa shape index (κ3) is 9.10. The van der Waals surface area contributed by atoms with Crippen molar-refractivity contribution in [2.75, 3.05) is 6.61 Å². The highest BCUT2D eigenvalue weighted by Gasteiger charge is 2.24. The van der Waals surface area contributed by atoms with Gasteiger partial charge in [-0.15, -0.1) is 0 Å². The van der Waals surface area contributed by atoms with Crippen LogP contribution in [-0.4, -0.2) is 16.6 Å². The minimum atomic E-state index is 0.795. The molecule has 0 bridgehead atoms. The first-order valence-corrected chi connectivity index (χ1v) is 13.8. The van der Waals surface area contributed by atoms with E-state index in [-0.39, 0.29) is 0 Å². The van der Waals surface area contributed by atoms with Crippen LogP contribution in [0.4, 0.5) is 0 Å². The van der Waals surface area contributed by atoms with Gasteiger partial charge in [0.25, 0.3) is 0 Å². The average Bonchev–Trinajstić information content (AvgIpc) is 2.86. The summed E-state index contributed by atoms with van der Waals surface area (Å²) in [6, 6.07) is 8.28. The fraction of sp³-hybridized carbons (Fsp3) is 0.667. The first-order chi connectivity index (χ1) is 16.3. The Labute approximate surface area is 202 Å². The second-order valence-corrected chi connectivity index (χ2v) is 10.0. The number of rotatable bonds is 15. The maximum Gasteiger partial charge on any atom is 0.159 e. The van der Waals surface area contributed by atoms with Crippen molar-refractivity contribution in [1.29, 1.82) is 0 Å². The molecule has 1 heterocycles. The Bertz CT molecular complexity index is 756. The molecular formula is C30H46N2O. The summed E-state index contributed by atoms with van der Waals surface area (Å²) >= 11 is 0. The highest BCUT2D eigenvalue weighted by molar-refractivity contribution is 5.55. The highest BCUT2D eigenvalue weighted by Crippen LogP contribution is 2.36. The van der Waals surface area contributed by atoms with Crippen molar-refractivity contribution in [2.45, 2.75) is 110 Å². The Balaban J connectivity index is 1.38. The Hall–Kier alpha value is -1.90. The van der Waals surface area contributed by atoms with Gasteiger partial charge in [0.15, 0.2) is 5.82 Å². The first kappa shape index (κ1) is 25.7. The van der Waals surface area contributed by atoms with Gasteiger partial charge in [0.05, 0.1) is 6.61 Å². The van der Waals surface area contributed by atoms with E-state index < -0.39 is 0 Å². The smallest absolute Gasteiger partial charge is 0.159 e. The molecule has 1 aromatic heterocycles. The van der Waals surface area contributed by atoms with E-state index >= 15 is 0 Å². The van der Waals surface area contributed by atoms with E-state index in [1.807, 2.05) is 12.4 Å². The maximum atomic E-state index is 6.07. The summed E-state index contributed by atoms with van der Waals surface area (Å²) in [6.07, 6.45) is 24.1. The van der Waals surface area contributed by atoms with Crippen molar-refractivity contribution in [3.63, 3.8) is 0 Å². The molecule has 1 fully saturated rings. The van der Waals surface area contributed by atoms with Crippen molar-refractivity contribution >= 4 is 0 Å². The molecule has 0 spiro atoms. The van der Waals surface area contributed by atoms with Gasteiger partial charge in [-0.3, -0.25) is 0 Å². The molecule has 0 radical (unpaired) electrons. The maximum absolute atomic E-state index is 6.07. The lowest BCUT2D eigenvalue weighted by Crippen LogP contribution is -2.20. The first-order valence-electron chi connectivity index (χ1n) is 13.8. The highest BCUT2D eigenvalue weighted by atomic mass is 16.5. The van der Waals surface area contributed by atoms with Crippen LogP contribution in [0.5, 0.6) is 5.75 Å². The summed E-state index contributed by atoms with van der Waals surface area (Å²) in [6.45, 7) is 5.36. The van der Waals surface area contributed by atoms with E-state index in [0.29, 0.717) is 0 Å². The van der Waals surface area contributed by atoms with Gasteiger partial charge in [0, 0.05) is 18.0 Å². The molecule has 33 heavy (non-hydrogen) atoms. The van der Waals surface area contributed by atoms with Crippen molar-refractivity contribution in [1.82, 2.24) is 9.97 Å². The zero-order valence-electron chi connectivity index (χ0n) is 21.2. The van der Waals surface area contributed by atoms with Crippen LogP contribution in [0.15, 0.2) is 36.7 Å². The number of hydrogen-bond donors (Lipinski definition) is 0. The summed E-state index contributed by atoms with van der Waals surface area (Å²) in [5.74, 6) is 3.64. The van der Waals surface area contributed by atoms with Crippen LogP contribution in [0, 0.1) is 11.8 Å². The quantitative estimate of drug-likeness (QED) is 0.254. The van der Waals surface area contributed by atoms with Crippen molar-refractivity contribution in [3.8, 4) is 17.1 Å². The fourth-order valence-corrected chi connectivity index (χ4v) is 5.33. The molecular weight excluding hydrogens is 404 g/mol. The largest absolute Gasteiger partial charge is 0.494 e. The molecule has 1 aromatic carbocycles.